The van der Waals surface area contributed by atoms with Gasteiger partial charge in [-0.2, -0.15) is 5.10 Å². The normalized spacial score (nSPS) is 10.8. The van der Waals surface area contributed by atoms with Gasteiger partial charge in [0.25, 0.3) is 0 Å². The molecule has 0 bridgehead atoms. The molecule has 6 nitrogen and oxygen atoms in total. The molecular formula is C11H13N3O3. The second kappa shape index (κ2) is 4.32. The maximum atomic E-state index is 10.7. The second-order valence-electron chi connectivity index (χ2n) is 3.90. The van der Waals surface area contributed by atoms with Crippen molar-refractivity contribution in [3.05, 3.63) is 18.3 Å². The number of benzene rings is 1. The van der Waals surface area contributed by atoms with Crippen molar-refractivity contribution >= 4 is 22.7 Å². The highest BCUT2D eigenvalue weighted by molar-refractivity contribution is 5.92. The van der Waals surface area contributed by atoms with Gasteiger partial charge in [-0.3, -0.25) is 10.4 Å². The third-order valence-electron chi connectivity index (χ3n) is 2.14. The van der Waals surface area contributed by atoms with E-state index in [9.17, 15) is 4.79 Å². The molecule has 0 atom stereocenters. The van der Waals surface area contributed by atoms with Gasteiger partial charge in [0.05, 0.1) is 23.5 Å². The molecular weight excluding hydrogens is 222 g/mol. The predicted octanol–water partition coefficient (Wildman–Crippen LogP) is 2.44. The minimum Gasteiger partial charge on any atom is -0.489 e. The first kappa shape index (κ1) is 11.3. The zero-order valence-electron chi connectivity index (χ0n) is 9.52. The van der Waals surface area contributed by atoms with Gasteiger partial charge in [-0.25, -0.2) is 4.79 Å². The Kier molecular flexibility index (Phi) is 2.86. The first-order valence-electron chi connectivity index (χ1n) is 5.20. The Hall–Kier alpha value is -2.24. The van der Waals surface area contributed by atoms with Crippen molar-refractivity contribution in [1.82, 2.24) is 10.2 Å². The van der Waals surface area contributed by atoms with E-state index in [0.29, 0.717) is 11.4 Å². The zero-order valence-corrected chi connectivity index (χ0v) is 9.52. The van der Waals surface area contributed by atoms with Crippen LogP contribution in [0.5, 0.6) is 5.75 Å². The molecule has 0 aliphatic rings. The molecule has 1 heterocycles. The maximum absolute atomic E-state index is 10.7. The summed E-state index contributed by atoms with van der Waals surface area (Å²) >= 11 is 0. The minimum atomic E-state index is -1.12. The van der Waals surface area contributed by atoms with E-state index in [-0.39, 0.29) is 6.10 Å². The Labute approximate surface area is 97.6 Å². The molecule has 0 saturated carbocycles. The Balaban J connectivity index is 2.47. The van der Waals surface area contributed by atoms with Crippen molar-refractivity contribution in [3.63, 3.8) is 0 Å². The molecule has 0 unspecified atom stereocenters. The van der Waals surface area contributed by atoms with E-state index in [4.69, 9.17) is 9.84 Å². The molecule has 1 aromatic heterocycles. The molecule has 0 fully saturated rings. The SMILES string of the molecule is CC(C)Oc1cc2[nH]ncc2cc1NC(=O)O. The van der Waals surface area contributed by atoms with Crippen LogP contribution in [0.3, 0.4) is 0 Å². The Morgan fingerprint density at radius 3 is 2.94 bits per heavy atom. The molecule has 0 radical (unpaired) electrons. The van der Waals surface area contributed by atoms with Gasteiger partial charge in [0.2, 0.25) is 0 Å². The lowest BCUT2D eigenvalue weighted by atomic mass is 10.2. The number of aromatic amines is 1. The number of H-pyrrole nitrogens is 1. The summed E-state index contributed by atoms with van der Waals surface area (Å²) in [5.74, 6) is 0.485. The first-order chi connectivity index (χ1) is 8.06. The summed E-state index contributed by atoms with van der Waals surface area (Å²) < 4.78 is 5.55. The third-order valence-corrected chi connectivity index (χ3v) is 2.14. The smallest absolute Gasteiger partial charge is 0.409 e. The van der Waals surface area contributed by atoms with Crippen molar-refractivity contribution < 1.29 is 14.6 Å². The summed E-state index contributed by atoms with van der Waals surface area (Å²) in [5, 5.41) is 18.6. The van der Waals surface area contributed by atoms with Crippen LogP contribution >= 0.6 is 0 Å². The van der Waals surface area contributed by atoms with Crippen molar-refractivity contribution in [2.75, 3.05) is 5.32 Å². The summed E-state index contributed by atoms with van der Waals surface area (Å²) in [7, 11) is 0. The van der Waals surface area contributed by atoms with Crippen LogP contribution in [0.1, 0.15) is 13.8 Å². The fourth-order valence-corrected chi connectivity index (χ4v) is 1.54. The lowest BCUT2D eigenvalue weighted by molar-refractivity contribution is 0.209. The van der Waals surface area contributed by atoms with Gasteiger partial charge < -0.3 is 9.84 Å². The number of nitrogens with one attached hydrogen (secondary N) is 2. The average molecular weight is 235 g/mol. The Morgan fingerprint density at radius 2 is 2.29 bits per heavy atom. The largest absolute Gasteiger partial charge is 0.489 e. The standard InChI is InChI=1S/C11H13N3O3/c1-6(2)17-10-4-8-7(5-12-14-8)3-9(10)13-11(15)16/h3-6,13H,1-2H3,(H,12,14)(H,15,16). The fourth-order valence-electron chi connectivity index (χ4n) is 1.54. The number of rotatable bonds is 3. The van der Waals surface area contributed by atoms with Gasteiger partial charge in [0, 0.05) is 11.5 Å². The summed E-state index contributed by atoms with van der Waals surface area (Å²) in [5.41, 5.74) is 1.22. The van der Waals surface area contributed by atoms with Gasteiger partial charge >= 0.3 is 6.09 Å². The summed E-state index contributed by atoms with van der Waals surface area (Å²) in [6.45, 7) is 3.75. The van der Waals surface area contributed by atoms with E-state index in [1.807, 2.05) is 13.8 Å². The quantitative estimate of drug-likeness (QED) is 0.762. The number of fused-ring (bicyclic) bond motifs is 1. The van der Waals surface area contributed by atoms with Crippen molar-refractivity contribution in [1.29, 1.82) is 0 Å². The van der Waals surface area contributed by atoms with Crippen LogP contribution in [0, 0.1) is 0 Å². The van der Waals surface area contributed by atoms with Crippen LogP contribution in [0.15, 0.2) is 18.3 Å². The molecule has 90 valence electrons. The summed E-state index contributed by atoms with van der Waals surface area (Å²) in [6, 6.07) is 3.41. The number of nitrogens with zero attached hydrogens (tertiary/aromatic N) is 1. The van der Waals surface area contributed by atoms with Crippen LogP contribution in [-0.4, -0.2) is 27.5 Å². The van der Waals surface area contributed by atoms with E-state index in [1.54, 1.807) is 18.3 Å². The second-order valence-corrected chi connectivity index (χ2v) is 3.90. The number of anilines is 1. The third kappa shape index (κ3) is 2.47. The molecule has 0 aliphatic carbocycles. The number of hydrogen-bond acceptors (Lipinski definition) is 3. The number of ether oxygens (including phenoxy) is 1. The van der Waals surface area contributed by atoms with Crippen LogP contribution < -0.4 is 10.1 Å². The molecule has 17 heavy (non-hydrogen) atoms. The number of hydrogen-bond donors (Lipinski definition) is 3. The van der Waals surface area contributed by atoms with Crippen LogP contribution in [0.4, 0.5) is 10.5 Å². The van der Waals surface area contributed by atoms with Gasteiger partial charge in [-0.1, -0.05) is 0 Å². The minimum absolute atomic E-state index is 0.0373. The number of aromatic nitrogens is 2. The maximum Gasteiger partial charge on any atom is 0.409 e. The van der Waals surface area contributed by atoms with E-state index in [2.05, 4.69) is 15.5 Å². The first-order valence-corrected chi connectivity index (χ1v) is 5.20. The monoisotopic (exact) mass is 235 g/mol. The van der Waals surface area contributed by atoms with E-state index < -0.39 is 6.09 Å². The highest BCUT2D eigenvalue weighted by atomic mass is 16.5. The van der Waals surface area contributed by atoms with Gasteiger partial charge in [0.1, 0.15) is 5.75 Å². The topological polar surface area (TPSA) is 87.2 Å². The molecule has 2 aromatic rings. The molecule has 0 spiro atoms. The predicted molar refractivity (Wildman–Crippen MR) is 63.5 cm³/mol. The molecule has 2 rings (SSSR count). The lowest BCUT2D eigenvalue weighted by Crippen LogP contribution is -2.12. The Morgan fingerprint density at radius 1 is 1.53 bits per heavy atom. The van der Waals surface area contributed by atoms with Crippen molar-refractivity contribution in [2.24, 2.45) is 0 Å². The molecule has 6 heteroatoms. The van der Waals surface area contributed by atoms with Gasteiger partial charge in [-0.15, -0.1) is 0 Å². The van der Waals surface area contributed by atoms with Crippen LogP contribution in [0.25, 0.3) is 10.9 Å². The van der Waals surface area contributed by atoms with Crippen molar-refractivity contribution in [3.8, 4) is 5.75 Å². The van der Waals surface area contributed by atoms with Gasteiger partial charge in [0.15, 0.2) is 0 Å². The van der Waals surface area contributed by atoms with E-state index in [1.165, 1.54) is 0 Å². The average Bonchev–Trinajstić information content (AvgIpc) is 2.63. The molecule has 1 amide bonds. The fraction of sp³-hybridized carbons (Fsp3) is 0.273. The van der Waals surface area contributed by atoms with Gasteiger partial charge in [-0.05, 0) is 19.9 Å². The number of carboxylic acid groups (broad SMARTS) is 1. The number of carbonyl (C=O) groups is 1. The highest BCUT2D eigenvalue weighted by Gasteiger charge is 2.11. The lowest BCUT2D eigenvalue weighted by Gasteiger charge is -2.14. The summed E-state index contributed by atoms with van der Waals surface area (Å²) in [4.78, 5) is 10.7. The molecule has 0 aliphatic heterocycles. The van der Waals surface area contributed by atoms with Crippen LogP contribution in [0.2, 0.25) is 0 Å². The molecule has 3 N–H and O–H groups in total. The molecule has 0 saturated heterocycles. The highest BCUT2D eigenvalue weighted by Crippen LogP contribution is 2.30. The molecule has 1 aromatic carbocycles. The van der Waals surface area contributed by atoms with E-state index in [0.717, 1.165) is 10.9 Å². The van der Waals surface area contributed by atoms with Crippen LogP contribution in [-0.2, 0) is 0 Å². The number of amides is 1. The van der Waals surface area contributed by atoms with Crippen molar-refractivity contribution in [2.45, 2.75) is 20.0 Å². The zero-order chi connectivity index (χ0) is 12.4. The Bertz CT molecular complexity index is 548. The summed E-state index contributed by atoms with van der Waals surface area (Å²) in [6.07, 6.45) is 0.466. The van der Waals surface area contributed by atoms with E-state index >= 15 is 0 Å².